The third kappa shape index (κ3) is 6.14. The average Bonchev–Trinajstić information content (AvgIpc) is 3.54. The van der Waals surface area contributed by atoms with Gasteiger partial charge in [-0.3, -0.25) is 4.99 Å². The molecular weight excluding hydrogens is 638 g/mol. The fourth-order valence-corrected chi connectivity index (χ4v) is 14.0. The first-order chi connectivity index (χ1) is 24.9. The van der Waals surface area contributed by atoms with Gasteiger partial charge in [-0.2, -0.15) is 0 Å². The van der Waals surface area contributed by atoms with Crippen LogP contribution in [0, 0.1) is 5.92 Å². The number of aliphatic imine (C=N–C) groups is 1. The van der Waals surface area contributed by atoms with E-state index in [2.05, 4.69) is 119 Å². The molecule has 3 fully saturated rings. The van der Waals surface area contributed by atoms with Gasteiger partial charge in [-0.05, 0) is 100 Å². The molecule has 5 aromatic rings. The third-order valence-electron chi connectivity index (χ3n) is 12.9. The van der Waals surface area contributed by atoms with Crippen LogP contribution < -0.4 is 0 Å². The Kier molecular flexibility index (Phi) is 9.84. The fourth-order valence-electron chi connectivity index (χ4n) is 10.3. The van der Waals surface area contributed by atoms with Crippen molar-refractivity contribution >= 4 is 40.6 Å². The lowest BCUT2D eigenvalue weighted by atomic mass is 9.63. The molecule has 0 amide bonds. The Morgan fingerprint density at radius 2 is 1.24 bits per heavy atom. The first-order valence-electron chi connectivity index (χ1n) is 20.1. The van der Waals surface area contributed by atoms with Gasteiger partial charge in [-0.1, -0.05) is 159 Å². The number of hydrogen-bond acceptors (Lipinski definition) is 2. The standard InChI is InChI=1S/C48H56NOP/c1-32(2)38-25-15-26-39(33(3)4)45(38)49-47-48(36-19-7-5-8-20-36,29-30-51(47)37-21-9-6-10-22-37)43-28-16-27-42(46(43)50)44-40-23-13-11-17-34(40)31-35-18-12-14-24-41(35)44/h11-18,23-28,31-33,36-37,50H,5-10,19-22,29-30H2,1-4H3. The molecule has 2 nitrogen and oxygen atoms in total. The molecule has 264 valence electrons. The van der Waals surface area contributed by atoms with Gasteiger partial charge < -0.3 is 5.11 Å². The number of nitrogens with zero attached hydrogens (tertiary/aromatic N) is 1. The van der Waals surface area contributed by atoms with E-state index in [0.29, 0.717) is 23.5 Å². The number of aromatic hydroxyl groups is 1. The second-order valence-corrected chi connectivity index (χ2v) is 19.0. The molecule has 51 heavy (non-hydrogen) atoms. The van der Waals surface area contributed by atoms with Crippen LogP contribution in [0.5, 0.6) is 5.75 Å². The highest BCUT2D eigenvalue weighted by molar-refractivity contribution is 7.76. The maximum absolute atomic E-state index is 13.0. The Morgan fingerprint density at radius 3 is 1.84 bits per heavy atom. The topological polar surface area (TPSA) is 32.6 Å². The van der Waals surface area contributed by atoms with Crippen LogP contribution in [0.15, 0.2) is 96.0 Å². The monoisotopic (exact) mass is 693 g/mol. The largest absolute Gasteiger partial charge is 0.507 e. The van der Waals surface area contributed by atoms with Crippen molar-refractivity contribution in [1.82, 2.24) is 0 Å². The van der Waals surface area contributed by atoms with Gasteiger partial charge in [0.05, 0.1) is 11.1 Å². The molecule has 2 aliphatic carbocycles. The van der Waals surface area contributed by atoms with E-state index in [1.54, 1.807) is 0 Å². The van der Waals surface area contributed by atoms with E-state index in [0.717, 1.165) is 28.8 Å². The van der Waals surface area contributed by atoms with Crippen LogP contribution >= 0.6 is 7.92 Å². The van der Waals surface area contributed by atoms with Gasteiger partial charge in [0.2, 0.25) is 0 Å². The Labute approximate surface area is 307 Å². The molecule has 1 saturated heterocycles. The Balaban J connectivity index is 1.42. The van der Waals surface area contributed by atoms with Crippen molar-refractivity contribution < 1.29 is 5.11 Å². The molecule has 5 aromatic carbocycles. The number of rotatable bonds is 7. The molecule has 0 bridgehead atoms. The van der Waals surface area contributed by atoms with Crippen LogP contribution in [0.2, 0.25) is 0 Å². The zero-order valence-electron chi connectivity index (χ0n) is 31.3. The lowest BCUT2D eigenvalue weighted by Crippen LogP contribution is -2.41. The summed E-state index contributed by atoms with van der Waals surface area (Å²) in [5.41, 5.74) is 9.20. The maximum Gasteiger partial charge on any atom is 0.127 e. The number of phenols is 1. The van der Waals surface area contributed by atoms with Gasteiger partial charge in [-0.25, -0.2) is 0 Å². The normalized spacial score (nSPS) is 22.9. The summed E-state index contributed by atoms with van der Waals surface area (Å²) in [4.78, 5) is 6.14. The van der Waals surface area contributed by atoms with Crippen molar-refractivity contribution in [2.24, 2.45) is 10.9 Å². The van der Waals surface area contributed by atoms with Gasteiger partial charge in [-0.15, -0.1) is 0 Å². The summed E-state index contributed by atoms with van der Waals surface area (Å²) in [5, 5.41) is 17.9. The molecule has 1 heterocycles. The summed E-state index contributed by atoms with van der Waals surface area (Å²) in [6.07, 6.45) is 15.4. The van der Waals surface area contributed by atoms with E-state index >= 15 is 0 Å². The molecule has 2 atom stereocenters. The van der Waals surface area contributed by atoms with Crippen molar-refractivity contribution in [3.63, 3.8) is 0 Å². The highest BCUT2D eigenvalue weighted by atomic mass is 31.1. The summed E-state index contributed by atoms with van der Waals surface area (Å²) in [6.45, 7) is 9.33. The second-order valence-electron chi connectivity index (χ2n) is 16.5. The lowest BCUT2D eigenvalue weighted by Gasteiger charge is -2.43. The minimum Gasteiger partial charge on any atom is -0.507 e. The van der Waals surface area contributed by atoms with E-state index in [9.17, 15) is 5.11 Å². The minimum absolute atomic E-state index is 0.262. The zero-order chi connectivity index (χ0) is 35.1. The maximum atomic E-state index is 13.0. The van der Waals surface area contributed by atoms with Crippen LogP contribution in [0.1, 0.15) is 127 Å². The van der Waals surface area contributed by atoms with Crippen LogP contribution in [0.4, 0.5) is 5.69 Å². The summed E-state index contributed by atoms with van der Waals surface area (Å²) in [5.74, 6) is 1.76. The van der Waals surface area contributed by atoms with Gasteiger partial charge in [0.1, 0.15) is 5.75 Å². The smallest absolute Gasteiger partial charge is 0.127 e. The highest BCUT2D eigenvalue weighted by Gasteiger charge is 2.54. The molecule has 0 spiro atoms. The van der Waals surface area contributed by atoms with Crippen molar-refractivity contribution in [2.45, 2.75) is 121 Å². The summed E-state index contributed by atoms with van der Waals surface area (Å²) >= 11 is 0. The molecule has 3 aliphatic rings. The Morgan fingerprint density at radius 1 is 0.667 bits per heavy atom. The number of hydrogen-bond donors (Lipinski definition) is 1. The fraction of sp³-hybridized carbons (Fsp3) is 0.438. The van der Waals surface area contributed by atoms with Crippen LogP contribution in [-0.4, -0.2) is 22.4 Å². The van der Waals surface area contributed by atoms with Crippen molar-refractivity contribution in [3.8, 4) is 16.9 Å². The molecular formula is C48H56NOP. The predicted molar refractivity (Wildman–Crippen MR) is 222 cm³/mol. The summed E-state index contributed by atoms with van der Waals surface area (Å²) in [7, 11) is -0.444. The van der Waals surface area contributed by atoms with Crippen LogP contribution in [0.25, 0.3) is 32.7 Å². The number of phenolic OH excluding ortho intramolecular Hbond substituents is 1. The van der Waals surface area contributed by atoms with Crippen molar-refractivity contribution in [1.29, 1.82) is 0 Å². The zero-order valence-corrected chi connectivity index (χ0v) is 32.2. The number of benzene rings is 5. The van der Waals surface area contributed by atoms with Crippen molar-refractivity contribution in [2.75, 3.05) is 6.16 Å². The summed E-state index contributed by atoms with van der Waals surface area (Å²) in [6, 6.07) is 33.4. The van der Waals surface area contributed by atoms with Crippen LogP contribution in [-0.2, 0) is 5.41 Å². The number of para-hydroxylation sites is 2. The van der Waals surface area contributed by atoms with E-state index in [1.165, 1.54) is 114 Å². The quantitative estimate of drug-likeness (QED) is 0.134. The molecule has 0 aromatic heterocycles. The SMILES string of the molecule is CC(C)c1cccc(C(C)C)c1N=C1P(C2CCCCC2)CCC1(c1cccc(-c2c3ccccc3cc3ccccc23)c1O)C1CCCCC1. The Bertz CT molecular complexity index is 1980. The molecule has 0 radical (unpaired) electrons. The van der Waals surface area contributed by atoms with Gasteiger partial charge in [0.15, 0.2) is 0 Å². The highest BCUT2D eigenvalue weighted by Crippen LogP contribution is 2.66. The molecule has 3 heteroatoms. The average molecular weight is 694 g/mol. The third-order valence-corrected chi connectivity index (χ3v) is 16.0. The summed E-state index contributed by atoms with van der Waals surface area (Å²) < 4.78 is 0. The van der Waals surface area contributed by atoms with Gasteiger partial charge >= 0.3 is 0 Å². The predicted octanol–water partition coefficient (Wildman–Crippen LogP) is 14.4. The molecule has 2 saturated carbocycles. The molecule has 1 N–H and O–H groups in total. The van der Waals surface area contributed by atoms with Gasteiger partial charge in [0.25, 0.3) is 0 Å². The van der Waals surface area contributed by atoms with E-state index in [-0.39, 0.29) is 5.41 Å². The first-order valence-corrected chi connectivity index (χ1v) is 21.7. The lowest BCUT2D eigenvalue weighted by molar-refractivity contribution is 0.257. The van der Waals surface area contributed by atoms with Crippen LogP contribution in [0.3, 0.4) is 0 Å². The second kappa shape index (κ2) is 14.5. The Hall–Kier alpha value is -3.48. The van der Waals surface area contributed by atoms with E-state index < -0.39 is 7.92 Å². The molecule has 1 aliphatic heterocycles. The first kappa shape index (κ1) is 34.6. The van der Waals surface area contributed by atoms with Crippen molar-refractivity contribution in [3.05, 3.63) is 108 Å². The molecule has 2 unspecified atom stereocenters. The van der Waals surface area contributed by atoms with E-state index in [1.807, 2.05) is 0 Å². The van der Waals surface area contributed by atoms with Gasteiger partial charge in [0, 0.05) is 22.1 Å². The minimum atomic E-state index is -0.444. The molecule has 8 rings (SSSR count). The van der Waals surface area contributed by atoms with E-state index in [4.69, 9.17) is 4.99 Å². The number of fused-ring (bicyclic) bond motifs is 2.